The van der Waals surface area contributed by atoms with Crippen LogP contribution < -0.4 is 16.8 Å². The average Bonchev–Trinajstić information content (AvgIpc) is 2.33. The van der Waals surface area contributed by atoms with E-state index in [0.717, 1.165) is 24.3 Å². The third-order valence-electron chi connectivity index (χ3n) is 2.17. The van der Waals surface area contributed by atoms with Gasteiger partial charge in [0.2, 0.25) is 0 Å². The Labute approximate surface area is 107 Å². The maximum atomic E-state index is 12.3. The van der Waals surface area contributed by atoms with Crippen molar-refractivity contribution in [3.05, 3.63) is 35.4 Å². The summed E-state index contributed by atoms with van der Waals surface area (Å²) in [7, 11) is 0. The quantitative estimate of drug-likeness (QED) is 0.429. The normalized spacial score (nSPS) is 10.9. The molecular formula is C11H13F3N4O. The number of benzene rings is 1. The number of nitrogens with zero attached hydrogens (tertiary/aromatic N) is 1. The number of nitrogens with one attached hydrogen (secondary N) is 1. The molecule has 1 aromatic rings. The van der Waals surface area contributed by atoms with Gasteiger partial charge < -0.3 is 16.8 Å². The maximum absolute atomic E-state index is 12.3. The lowest BCUT2D eigenvalue weighted by atomic mass is 10.1. The van der Waals surface area contributed by atoms with Gasteiger partial charge >= 0.3 is 6.18 Å². The summed E-state index contributed by atoms with van der Waals surface area (Å²) in [5.41, 5.74) is 9.51. The van der Waals surface area contributed by atoms with Gasteiger partial charge in [-0.05, 0) is 24.3 Å². The smallest absolute Gasteiger partial charge is 0.370 e. The molecule has 0 spiro atoms. The number of guanidine groups is 1. The Morgan fingerprint density at radius 3 is 2.26 bits per heavy atom. The Bertz CT molecular complexity index is 464. The fourth-order valence-electron chi connectivity index (χ4n) is 1.27. The molecule has 0 aliphatic carbocycles. The second kappa shape index (κ2) is 6.07. The van der Waals surface area contributed by atoms with Crippen LogP contribution in [-0.4, -0.2) is 25.0 Å². The molecule has 0 aliphatic rings. The Kier molecular flexibility index (Phi) is 4.74. The summed E-state index contributed by atoms with van der Waals surface area (Å²) >= 11 is 0. The van der Waals surface area contributed by atoms with Crippen LogP contribution in [0.5, 0.6) is 0 Å². The molecule has 0 heterocycles. The number of carbonyl (C=O) groups is 1. The number of hydrogen-bond donors (Lipinski definition) is 3. The number of hydrogen-bond acceptors (Lipinski definition) is 2. The molecule has 0 fully saturated rings. The molecule has 1 amide bonds. The zero-order valence-electron chi connectivity index (χ0n) is 9.87. The van der Waals surface area contributed by atoms with Crippen LogP contribution in [0.2, 0.25) is 0 Å². The van der Waals surface area contributed by atoms with E-state index in [2.05, 4.69) is 10.3 Å². The number of alkyl halides is 3. The van der Waals surface area contributed by atoms with E-state index in [1.165, 1.54) is 0 Å². The molecule has 1 aromatic carbocycles. The molecule has 5 nitrogen and oxygen atoms in total. The van der Waals surface area contributed by atoms with Crippen molar-refractivity contribution >= 4 is 11.9 Å². The van der Waals surface area contributed by atoms with Crippen LogP contribution in [0, 0.1) is 0 Å². The van der Waals surface area contributed by atoms with Gasteiger partial charge in [0, 0.05) is 12.1 Å². The highest BCUT2D eigenvalue weighted by molar-refractivity contribution is 5.94. The van der Waals surface area contributed by atoms with Crippen LogP contribution in [0.4, 0.5) is 13.2 Å². The summed E-state index contributed by atoms with van der Waals surface area (Å²) in [6, 6.07) is 3.92. The fourth-order valence-corrected chi connectivity index (χ4v) is 1.27. The van der Waals surface area contributed by atoms with E-state index >= 15 is 0 Å². The minimum Gasteiger partial charge on any atom is -0.370 e. The van der Waals surface area contributed by atoms with Crippen molar-refractivity contribution in [1.29, 1.82) is 0 Å². The second-order valence-corrected chi connectivity index (χ2v) is 3.64. The summed E-state index contributed by atoms with van der Waals surface area (Å²) < 4.78 is 36.9. The van der Waals surface area contributed by atoms with Crippen molar-refractivity contribution in [2.75, 3.05) is 13.1 Å². The summed E-state index contributed by atoms with van der Waals surface area (Å²) in [4.78, 5) is 15.2. The number of amides is 1. The molecule has 19 heavy (non-hydrogen) atoms. The highest BCUT2D eigenvalue weighted by Crippen LogP contribution is 2.28. The topological polar surface area (TPSA) is 93.5 Å². The number of halogens is 3. The van der Waals surface area contributed by atoms with Crippen molar-refractivity contribution in [3.63, 3.8) is 0 Å². The summed E-state index contributed by atoms with van der Waals surface area (Å²) in [5, 5.41) is 2.47. The lowest BCUT2D eigenvalue weighted by molar-refractivity contribution is -0.137. The molecule has 0 atom stereocenters. The molecule has 104 valence electrons. The Balaban J connectivity index is 2.56. The average molecular weight is 274 g/mol. The van der Waals surface area contributed by atoms with Gasteiger partial charge in [-0.3, -0.25) is 9.79 Å². The number of nitrogens with two attached hydrogens (primary N) is 2. The first kappa shape index (κ1) is 14.8. The van der Waals surface area contributed by atoms with Crippen molar-refractivity contribution in [1.82, 2.24) is 5.32 Å². The number of carbonyl (C=O) groups excluding carboxylic acids is 1. The molecule has 0 radical (unpaired) electrons. The molecule has 1 rings (SSSR count). The zero-order chi connectivity index (χ0) is 14.5. The van der Waals surface area contributed by atoms with Crippen LogP contribution in [0.3, 0.4) is 0 Å². The van der Waals surface area contributed by atoms with Crippen LogP contribution in [0.1, 0.15) is 15.9 Å². The predicted octanol–water partition coefficient (Wildman–Crippen LogP) is 0.709. The minimum absolute atomic E-state index is 0.0937. The summed E-state index contributed by atoms with van der Waals surface area (Å²) in [6.07, 6.45) is -4.41. The standard InChI is InChI=1S/C11H13F3N4O/c12-11(13,14)8-3-1-7(2-4-8)9(19)17-5-6-18-10(15)16/h1-4H,5-6H2,(H,17,19)(H4,15,16,18). The first-order chi connectivity index (χ1) is 8.80. The zero-order valence-corrected chi connectivity index (χ0v) is 9.87. The van der Waals surface area contributed by atoms with Crippen LogP contribution >= 0.6 is 0 Å². The number of aliphatic imine (C=N–C) groups is 1. The van der Waals surface area contributed by atoms with Crippen molar-refractivity contribution in [2.24, 2.45) is 16.5 Å². The molecular weight excluding hydrogens is 261 g/mol. The number of rotatable bonds is 4. The van der Waals surface area contributed by atoms with Crippen molar-refractivity contribution in [3.8, 4) is 0 Å². The van der Waals surface area contributed by atoms with Gasteiger partial charge in [0.05, 0.1) is 12.1 Å². The van der Waals surface area contributed by atoms with E-state index in [-0.39, 0.29) is 24.6 Å². The predicted molar refractivity (Wildman–Crippen MR) is 64.5 cm³/mol. The van der Waals surface area contributed by atoms with Gasteiger partial charge in [-0.15, -0.1) is 0 Å². The first-order valence-electron chi connectivity index (χ1n) is 5.31. The fraction of sp³-hybridized carbons (Fsp3) is 0.273. The molecule has 0 bridgehead atoms. The van der Waals surface area contributed by atoms with Gasteiger partial charge in [0.1, 0.15) is 0 Å². The Hall–Kier alpha value is -2.25. The summed E-state index contributed by atoms with van der Waals surface area (Å²) in [5.74, 6) is -0.580. The van der Waals surface area contributed by atoms with E-state index in [9.17, 15) is 18.0 Å². The van der Waals surface area contributed by atoms with Gasteiger partial charge in [-0.25, -0.2) is 0 Å². The lowest BCUT2D eigenvalue weighted by Crippen LogP contribution is -2.28. The maximum Gasteiger partial charge on any atom is 0.416 e. The molecule has 0 saturated carbocycles. The van der Waals surface area contributed by atoms with Gasteiger partial charge in [-0.1, -0.05) is 0 Å². The van der Waals surface area contributed by atoms with Gasteiger partial charge in [0.15, 0.2) is 5.96 Å². The molecule has 0 unspecified atom stereocenters. The van der Waals surface area contributed by atoms with Gasteiger partial charge in [0.25, 0.3) is 5.91 Å². The van der Waals surface area contributed by atoms with Crippen molar-refractivity contribution < 1.29 is 18.0 Å². The van der Waals surface area contributed by atoms with E-state index < -0.39 is 17.6 Å². The van der Waals surface area contributed by atoms with Gasteiger partial charge in [-0.2, -0.15) is 13.2 Å². The SMILES string of the molecule is NC(N)=NCCNC(=O)c1ccc(C(F)(F)F)cc1. The monoisotopic (exact) mass is 274 g/mol. The Morgan fingerprint density at radius 1 is 1.21 bits per heavy atom. The molecule has 0 aromatic heterocycles. The van der Waals surface area contributed by atoms with E-state index in [1.807, 2.05) is 0 Å². The van der Waals surface area contributed by atoms with Crippen LogP contribution in [0.15, 0.2) is 29.3 Å². The first-order valence-corrected chi connectivity index (χ1v) is 5.31. The molecule has 8 heteroatoms. The largest absolute Gasteiger partial charge is 0.416 e. The van der Waals surface area contributed by atoms with Crippen LogP contribution in [-0.2, 0) is 6.18 Å². The van der Waals surface area contributed by atoms with Crippen LogP contribution in [0.25, 0.3) is 0 Å². The molecule has 0 aliphatic heterocycles. The minimum atomic E-state index is -4.41. The Morgan fingerprint density at radius 2 is 1.79 bits per heavy atom. The highest BCUT2D eigenvalue weighted by atomic mass is 19.4. The highest BCUT2D eigenvalue weighted by Gasteiger charge is 2.30. The third-order valence-corrected chi connectivity index (χ3v) is 2.17. The van der Waals surface area contributed by atoms with E-state index in [4.69, 9.17) is 11.5 Å². The van der Waals surface area contributed by atoms with Crippen molar-refractivity contribution in [2.45, 2.75) is 6.18 Å². The third kappa shape index (κ3) is 4.86. The molecule has 5 N–H and O–H groups in total. The van der Waals surface area contributed by atoms with E-state index in [1.54, 1.807) is 0 Å². The van der Waals surface area contributed by atoms with E-state index in [0.29, 0.717) is 0 Å². The summed E-state index contributed by atoms with van der Waals surface area (Å²) in [6.45, 7) is 0.395. The lowest BCUT2D eigenvalue weighted by Gasteiger charge is -2.07. The molecule has 0 saturated heterocycles. The second-order valence-electron chi connectivity index (χ2n) is 3.64.